The summed E-state index contributed by atoms with van der Waals surface area (Å²) in [5.74, 6) is -1.10. The van der Waals surface area contributed by atoms with Gasteiger partial charge in [-0.25, -0.2) is 4.79 Å². The highest BCUT2D eigenvalue weighted by atomic mass is 16.5. The number of ether oxygens (including phenoxy) is 2. The van der Waals surface area contributed by atoms with Crippen LogP contribution in [0.2, 0.25) is 0 Å². The van der Waals surface area contributed by atoms with E-state index >= 15 is 0 Å². The molecule has 2 aliphatic rings. The fraction of sp³-hybridized carbons (Fsp3) is 0.846. The van der Waals surface area contributed by atoms with Crippen molar-refractivity contribution in [2.45, 2.75) is 24.9 Å². The van der Waals surface area contributed by atoms with Crippen LogP contribution < -0.4 is 5.32 Å². The molecule has 0 spiro atoms. The molecule has 0 aromatic heterocycles. The molecule has 7 heteroatoms. The van der Waals surface area contributed by atoms with E-state index in [-0.39, 0.29) is 11.9 Å². The minimum absolute atomic E-state index is 0.155. The largest absolute Gasteiger partial charge is 0.481 e. The lowest BCUT2D eigenvalue weighted by Gasteiger charge is -2.32. The molecular formula is C13H22N2O5. The minimum Gasteiger partial charge on any atom is -0.481 e. The van der Waals surface area contributed by atoms with Crippen LogP contribution in [0.3, 0.4) is 0 Å². The molecule has 0 aliphatic carbocycles. The quantitative estimate of drug-likeness (QED) is 0.776. The SMILES string of the molecule is COC1(CNC(=O)N2CCC(C(=O)O)CC2)CCOC1. The van der Waals surface area contributed by atoms with Crippen molar-refractivity contribution in [1.82, 2.24) is 10.2 Å². The molecule has 0 bridgehead atoms. The molecular weight excluding hydrogens is 264 g/mol. The second-order valence-electron chi connectivity index (χ2n) is 5.45. The lowest BCUT2D eigenvalue weighted by molar-refractivity contribution is -0.143. The summed E-state index contributed by atoms with van der Waals surface area (Å²) in [7, 11) is 1.62. The fourth-order valence-electron chi connectivity index (χ4n) is 2.64. The molecule has 0 saturated carbocycles. The Morgan fingerprint density at radius 2 is 2.15 bits per heavy atom. The summed E-state index contributed by atoms with van der Waals surface area (Å²) >= 11 is 0. The van der Waals surface area contributed by atoms with E-state index in [0.717, 1.165) is 6.42 Å². The van der Waals surface area contributed by atoms with Crippen molar-refractivity contribution in [2.75, 3.05) is 40.0 Å². The van der Waals surface area contributed by atoms with Crippen molar-refractivity contribution >= 4 is 12.0 Å². The van der Waals surface area contributed by atoms with Gasteiger partial charge in [-0.15, -0.1) is 0 Å². The van der Waals surface area contributed by atoms with Crippen LogP contribution in [-0.4, -0.2) is 67.6 Å². The van der Waals surface area contributed by atoms with Crippen LogP contribution in [0.25, 0.3) is 0 Å². The summed E-state index contributed by atoms with van der Waals surface area (Å²) in [6, 6.07) is -0.155. The third-order valence-electron chi connectivity index (χ3n) is 4.19. The molecule has 2 rings (SSSR count). The molecule has 1 unspecified atom stereocenters. The molecule has 2 aliphatic heterocycles. The number of hydrogen-bond acceptors (Lipinski definition) is 4. The number of nitrogens with zero attached hydrogens (tertiary/aromatic N) is 1. The molecule has 2 saturated heterocycles. The van der Waals surface area contributed by atoms with Gasteiger partial charge >= 0.3 is 12.0 Å². The molecule has 0 radical (unpaired) electrons. The molecule has 0 aromatic rings. The zero-order valence-electron chi connectivity index (χ0n) is 11.8. The van der Waals surface area contributed by atoms with E-state index < -0.39 is 11.6 Å². The number of carboxylic acids is 1. The Bertz CT molecular complexity index is 360. The van der Waals surface area contributed by atoms with Crippen molar-refractivity contribution in [1.29, 1.82) is 0 Å². The van der Waals surface area contributed by atoms with Crippen LogP contribution in [0.15, 0.2) is 0 Å². The number of methoxy groups -OCH3 is 1. The number of amides is 2. The maximum absolute atomic E-state index is 12.1. The molecule has 114 valence electrons. The van der Waals surface area contributed by atoms with E-state index in [1.165, 1.54) is 0 Å². The number of nitrogens with one attached hydrogen (secondary N) is 1. The van der Waals surface area contributed by atoms with E-state index in [2.05, 4.69) is 5.32 Å². The van der Waals surface area contributed by atoms with E-state index in [1.54, 1.807) is 12.0 Å². The van der Waals surface area contributed by atoms with Crippen molar-refractivity contribution in [3.05, 3.63) is 0 Å². The molecule has 2 amide bonds. The summed E-state index contributed by atoms with van der Waals surface area (Å²) < 4.78 is 10.8. The average molecular weight is 286 g/mol. The number of piperidine rings is 1. The van der Waals surface area contributed by atoms with Crippen LogP contribution in [-0.2, 0) is 14.3 Å². The van der Waals surface area contributed by atoms with Crippen LogP contribution in [0.5, 0.6) is 0 Å². The zero-order chi connectivity index (χ0) is 14.6. The minimum atomic E-state index is -0.772. The first-order valence-corrected chi connectivity index (χ1v) is 6.95. The van der Waals surface area contributed by atoms with E-state index in [4.69, 9.17) is 14.6 Å². The van der Waals surface area contributed by atoms with Gasteiger partial charge in [0.1, 0.15) is 5.60 Å². The molecule has 20 heavy (non-hydrogen) atoms. The zero-order valence-corrected chi connectivity index (χ0v) is 11.8. The van der Waals surface area contributed by atoms with Crippen LogP contribution in [0.4, 0.5) is 4.79 Å². The van der Waals surface area contributed by atoms with Gasteiger partial charge in [-0.2, -0.15) is 0 Å². The second-order valence-corrected chi connectivity index (χ2v) is 5.45. The number of carbonyl (C=O) groups is 2. The third kappa shape index (κ3) is 3.40. The van der Waals surface area contributed by atoms with Crippen LogP contribution in [0.1, 0.15) is 19.3 Å². The number of carbonyl (C=O) groups excluding carboxylic acids is 1. The predicted octanol–water partition coefficient (Wildman–Crippen LogP) is 0.298. The maximum atomic E-state index is 12.1. The van der Waals surface area contributed by atoms with E-state index in [0.29, 0.717) is 45.7 Å². The molecule has 0 aromatic carbocycles. The van der Waals surface area contributed by atoms with Gasteiger partial charge in [0.05, 0.1) is 19.1 Å². The number of urea groups is 1. The summed E-state index contributed by atoms with van der Waals surface area (Å²) in [5.41, 5.74) is -0.422. The smallest absolute Gasteiger partial charge is 0.317 e. The summed E-state index contributed by atoms with van der Waals surface area (Å²) in [5, 5.41) is 11.8. The van der Waals surface area contributed by atoms with Crippen molar-refractivity contribution in [3.8, 4) is 0 Å². The third-order valence-corrected chi connectivity index (χ3v) is 4.19. The topological polar surface area (TPSA) is 88.1 Å². The Hall–Kier alpha value is -1.34. The molecule has 7 nitrogen and oxygen atoms in total. The van der Waals surface area contributed by atoms with E-state index in [1.807, 2.05) is 0 Å². The number of rotatable bonds is 4. The summed E-state index contributed by atoms with van der Waals surface area (Å²) in [6.07, 6.45) is 1.80. The Morgan fingerprint density at radius 3 is 2.65 bits per heavy atom. The Labute approximate surface area is 118 Å². The first-order chi connectivity index (χ1) is 9.56. The monoisotopic (exact) mass is 286 g/mol. The van der Waals surface area contributed by atoms with Crippen LogP contribution in [0, 0.1) is 5.92 Å². The first kappa shape index (κ1) is 15.1. The standard InChI is InChI=1S/C13H22N2O5/c1-19-13(4-7-20-9-13)8-14-12(18)15-5-2-10(3-6-15)11(16)17/h10H,2-9H2,1H3,(H,14,18)(H,16,17). The maximum Gasteiger partial charge on any atom is 0.317 e. The Kier molecular flexibility index (Phi) is 4.82. The lowest BCUT2D eigenvalue weighted by atomic mass is 9.97. The lowest BCUT2D eigenvalue weighted by Crippen LogP contribution is -2.51. The normalized spacial score (nSPS) is 27.6. The summed E-state index contributed by atoms with van der Waals surface area (Å²) in [4.78, 5) is 24.6. The van der Waals surface area contributed by atoms with Gasteiger partial charge in [0.15, 0.2) is 0 Å². The van der Waals surface area contributed by atoms with Gasteiger partial charge in [-0.1, -0.05) is 0 Å². The first-order valence-electron chi connectivity index (χ1n) is 6.95. The predicted molar refractivity (Wildman–Crippen MR) is 70.5 cm³/mol. The summed E-state index contributed by atoms with van der Waals surface area (Å²) in [6.45, 7) is 2.53. The number of likely N-dealkylation sites (tertiary alicyclic amines) is 1. The average Bonchev–Trinajstić information content (AvgIpc) is 2.94. The van der Waals surface area contributed by atoms with Crippen molar-refractivity contribution in [3.63, 3.8) is 0 Å². The molecule has 2 N–H and O–H groups in total. The van der Waals surface area contributed by atoms with Crippen molar-refractivity contribution < 1.29 is 24.2 Å². The fourth-order valence-corrected chi connectivity index (χ4v) is 2.64. The number of carboxylic acid groups (broad SMARTS) is 1. The number of aliphatic carboxylic acids is 1. The van der Waals surface area contributed by atoms with Gasteiger partial charge in [-0.3, -0.25) is 4.79 Å². The molecule has 2 fully saturated rings. The van der Waals surface area contributed by atoms with Gasteiger partial charge in [-0.05, 0) is 12.8 Å². The van der Waals surface area contributed by atoms with E-state index in [9.17, 15) is 9.59 Å². The van der Waals surface area contributed by atoms with Crippen LogP contribution >= 0.6 is 0 Å². The Morgan fingerprint density at radius 1 is 1.45 bits per heavy atom. The van der Waals surface area contributed by atoms with Gasteiger partial charge in [0, 0.05) is 33.2 Å². The van der Waals surface area contributed by atoms with Gasteiger partial charge in [0.25, 0.3) is 0 Å². The molecule has 2 heterocycles. The molecule has 1 atom stereocenters. The highest BCUT2D eigenvalue weighted by Gasteiger charge is 2.36. The highest BCUT2D eigenvalue weighted by molar-refractivity contribution is 5.75. The van der Waals surface area contributed by atoms with Gasteiger partial charge < -0.3 is 24.8 Å². The number of hydrogen-bond donors (Lipinski definition) is 2. The van der Waals surface area contributed by atoms with Gasteiger partial charge in [0.2, 0.25) is 0 Å². The second kappa shape index (κ2) is 6.41. The highest BCUT2D eigenvalue weighted by Crippen LogP contribution is 2.22. The Balaban J connectivity index is 1.77. The van der Waals surface area contributed by atoms with Crippen molar-refractivity contribution in [2.24, 2.45) is 5.92 Å².